The predicted octanol–water partition coefficient (Wildman–Crippen LogP) is 3.60. The van der Waals surface area contributed by atoms with Crippen molar-refractivity contribution in [1.29, 1.82) is 0 Å². The van der Waals surface area contributed by atoms with Crippen molar-refractivity contribution in [2.24, 2.45) is 0 Å². The van der Waals surface area contributed by atoms with Gasteiger partial charge in [0.25, 0.3) is 0 Å². The van der Waals surface area contributed by atoms with E-state index in [1.165, 1.54) is 18.2 Å². The Kier molecular flexibility index (Phi) is 4.91. The number of nitrogens with one attached hydrogen (secondary N) is 1. The maximum Gasteiger partial charge on any atom is 0.471 e. The zero-order valence-electron chi connectivity index (χ0n) is 12.1. The Bertz CT molecular complexity index is 756. The molecule has 0 bridgehead atoms. The number of ether oxygens (including phenoxy) is 1. The highest BCUT2D eigenvalue weighted by Gasteiger charge is 2.38. The van der Waals surface area contributed by atoms with Crippen LogP contribution in [0.5, 0.6) is 5.75 Å². The zero-order chi connectivity index (χ0) is 16.9. The van der Waals surface area contributed by atoms with Gasteiger partial charge in [0.15, 0.2) is 0 Å². The second kappa shape index (κ2) is 6.88. The molecule has 0 aromatic heterocycles. The molecule has 2 aromatic carbocycles. The number of carbonyl (C=O) groups excluding carboxylic acids is 1. The van der Waals surface area contributed by atoms with Crippen molar-refractivity contribution in [2.45, 2.75) is 6.18 Å². The fourth-order valence-electron chi connectivity index (χ4n) is 1.71. The van der Waals surface area contributed by atoms with Gasteiger partial charge >= 0.3 is 12.1 Å². The third kappa shape index (κ3) is 4.51. The molecule has 0 spiro atoms. The molecule has 0 fully saturated rings. The summed E-state index contributed by atoms with van der Waals surface area (Å²) in [6.45, 7) is 0. The van der Waals surface area contributed by atoms with E-state index < -0.39 is 12.1 Å². The molecule has 0 saturated carbocycles. The van der Waals surface area contributed by atoms with Crippen LogP contribution >= 0.6 is 0 Å². The number of anilines is 1. The number of amides is 1. The fraction of sp³-hybridized carbons (Fsp3) is 0.118. The quantitative estimate of drug-likeness (QED) is 0.859. The molecule has 1 N–H and O–H groups in total. The van der Waals surface area contributed by atoms with E-state index in [2.05, 4.69) is 11.8 Å². The molecule has 0 atom stereocenters. The molecule has 0 aliphatic rings. The van der Waals surface area contributed by atoms with Crippen LogP contribution in [0.4, 0.5) is 18.9 Å². The van der Waals surface area contributed by atoms with Crippen molar-refractivity contribution in [2.75, 3.05) is 12.4 Å². The third-order valence-corrected chi connectivity index (χ3v) is 2.86. The van der Waals surface area contributed by atoms with E-state index in [0.717, 1.165) is 0 Å². The highest BCUT2D eigenvalue weighted by molar-refractivity contribution is 5.96. The van der Waals surface area contributed by atoms with E-state index in [4.69, 9.17) is 4.74 Å². The van der Waals surface area contributed by atoms with E-state index in [1.807, 2.05) is 5.32 Å². The van der Waals surface area contributed by atoms with Crippen molar-refractivity contribution >= 4 is 11.6 Å². The number of benzene rings is 2. The van der Waals surface area contributed by atoms with Gasteiger partial charge in [-0.15, -0.1) is 0 Å². The molecule has 118 valence electrons. The lowest BCUT2D eigenvalue weighted by Gasteiger charge is -2.09. The second-order valence-corrected chi connectivity index (χ2v) is 4.48. The number of hydrogen-bond acceptors (Lipinski definition) is 2. The smallest absolute Gasteiger partial charge is 0.471 e. The van der Waals surface area contributed by atoms with Gasteiger partial charge in [-0.1, -0.05) is 24.0 Å². The highest BCUT2D eigenvalue weighted by Crippen LogP contribution is 2.20. The number of methoxy groups -OCH3 is 1. The first kappa shape index (κ1) is 16.4. The van der Waals surface area contributed by atoms with Gasteiger partial charge in [0.1, 0.15) is 5.75 Å². The van der Waals surface area contributed by atoms with Crippen molar-refractivity contribution in [3.8, 4) is 17.6 Å². The van der Waals surface area contributed by atoms with E-state index in [-0.39, 0.29) is 5.69 Å². The molecular formula is C17H12F3NO2. The van der Waals surface area contributed by atoms with Gasteiger partial charge < -0.3 is 10.1 Å². The largest absolute Gasteiger partial charge is 0.497 e. The molecular weight excluding hydrogens is 307 g/mol. The average Bonchev–Trinajstić information content (AvgIpc) is 2.53. The topological polar surface area (TPSA) is 38.3 Å². The summed E-state index contributed by atoms with van der Waals surface area (Å²) in [7, 11) is 1.54. The van der Waals surface area contributed by atoms with Gasteiger partial charge in [-0.25, -0.2) is 0 Å². The minimum Gasteiger partial charge on any atom is -0.497 e. The summed E-state index contributed by atoms with van der Waals surface area (Å²) in [6.07, 6.45) is -4.95. The molecule has 0 saturated heterocycles. The SMILES string of the molecule is COc1ccc(C#Cc2ccccc2NC(=O)C(F)(F)F)cc1. The number of halogens is 3. The van der Waals surface area contributed by atoms with Crippen LogP contribution < -0.4 is 10.1 Å². The Hall–Kier alpha value is -2.94. The Morgan fingerprint density at radius 2 is 1.70 bits per heavy atom. The molecule has 0 aliphatic carbocycles. The third-order valence-electron chi connectivity index (χ3n) is 2.86. The predicted molar refractivity (Wildman–Crippen MR) is 80.1 cm³/mol. The van der Waals surface area contributed by atoms with Gasteiger partial charge in [0.2, 0.25) is 0 Å². The number of rotatable bonds is 2. The second-order valence-electron chi connectivity index (χ2n) is 4.48. The summed E-state index contributed by atoms with van der Waals surface area (Å²) < 4.78 is 42.0. The Labute approximate surface area is 131 Å². The summed E-state index contributed by atoms with van der Waals surface area (Å²) in [5.41, 5.74) is 0.972. The number of carbonyl (C=O) groups is 1. The standard InChI is InChI=1S/C17H12F3NO2/c1-23-14-10-7-12(8-11-14)6-9-13-4-2-3-5-15(13)21-16(22)17(18,19)20/h2-5,7-8,10-11H,1H3,(H,21,22). The van der Waals surface area contributed by atoms with Crippen LogP contribution in [0, 0.1) is 11.8 Å². The van der Waals surface area contributed by atoms with E-state index in [0.29, 0.717) is 16.9 Å². The van der Waals surface area contributed by atoms with E-state index >= 15 is 0 Å². The molecule has 0 heterocycles. The Morgan fingerprint density at radius 3 is 2.30 bits per heavy atom. The number of alkyl halides is 3. The summed E-state index contributed by atoms with van der Waals surface area (Å²) in [5, 5.41) is 1.82. The first-order valence-electron chi connectivity index (χ1n) is 6.53. The first-order chi connectivity index (χ1) is 10.9. The normalized spacial score (nSPS) is 10.4. The molecule has 1 amide bonds. The van der Waals surface area contributed by atoms with Crippen LogP contribution in [0.25, 0.3) is 0 Å². The Morgan fingerprint density at radius 1 is 1.04 bits per heavy atom. The maximum absolute atomic E-state index is 12.3. The molecule has 0 unspecified atom stereocenters. The number of hydrogen-bond donors (Lipinski definition) is 1. The van der Waals surface area contributed by atoms with Gasteiger partial charge in [-0.05, 0) is 36.4 Å². The highest BCUT2D eigenvalue weighted by atomic mass is 19.4. The van der Waals surface area contributed by atoms with Gasteiger partial charge in [-0.3, -0.25) is 4.79 Å². The monoisotopic (exact) mass is 319 g/mol. The molecule has 2 aromatic rings. The van der Waals surface area contributed by atoms with Gasteiger partial charge in [0, 0.05) is 11.1 Å². The van der Waals surface area contributed by atoms with Crippen LogP contribution in [-0.2, 0) is 4.79 Å². The molecule has 0 radical (unpaired) electrons. The van der Waals surface area contributed by atoms with Crippen LogP contribution in [-0.4, -0.2) is 19.2 Å². The molecule has 2 rings (SSSR count). The molecule has 6 heteroatoms. The lowest BCUT2D eigenvalue weighted by atomic mass is 10.1. The summed E-state index contributed by atoms with van der Waals surface area (Å²) in [5.74, 6) is 4.22. The van der Waals surface area contributed by atoms with Crippen LogP contribution in [0.2, 0.25) is 0 Å². The minimum absolute atomic E-state index is 0.0100. The van der Waals surface area contributed by atoms with Crippen molar-refractivity contribution in [3.63, 3.8) is 0 Å². The molecule has 0 aliphatic heterocycles. The van der Waals surface area contributed by atoms with Crippen LogP contribution in [0.3, 0.4) is 0 Å². The first-order valence-corrected chi connectivity index (χ1v) is 6.53. The maximum atomic E-state index is 12.3. The lowest BCUT2D eigenvalue weighted by molar-refractivity contribution is -0.167. The van der Waals surface area contributed by atoms with E-state index in [9.17, 15) is 18.0 Å². The van der Waals surface area contributed by atoms with Crippen LogP contribution in [0.15, 0.2) is 48.5 Å². The van der Waals surface area contributed by atoms with E-state index in [1.54, 1.807) is 37.4 Å². The summed E-state index contributed by atoms with van der Waals surface area (Å²) in [6, 6.07) is 12.9. The van der Waals surface area contributed by atoms with Crippen molar-refractivity contribution in [3.05, 3.63) is 59.7 Å². The average molecular weight is 319 g/mol. The van der Waals surface area contributed by atoms with Crippen LogP contribution in [0.1, 0.15) is 11.1 Å². The number of para-hydroxylation sites is 1. The van der Waals surface area contributed by atoms with Crippen molar-refractivity contribution in [1.82, 2.24) is 0 Å². The summed E-state index contributed by atoms with van der Waals surface area (Å²) in [4.78, 5) is 11.0. The minimum atomic E-state index is -4.95. The van der Waals surface area contributed by atoms with Crippen molar-refractivity contribution < 1.29 is 22.7 Å². The van der Waals surface area contributed by atoms with Gasteiger partial charge in [0.05, 0.1) is 12.8 Å². The fourth-order valence-corrected chi connectivity index (χ4v) is 1.71. The lowest BCUT2D eigenvalue weighted by Crippen LogP contribution is -2.30. The molecule has 3 nitrogen and oxygen atoms in total. The van der Waals surface area contributed by atoms with Gasteiger partial charge in [-0.2, -0.15) is 13.2 Å². The zero-order valence-corrected chi connectivity index (χ0v) is 12.1. The summed E-state index contributed by atoms with van der Waals surface area (Å²) >= 11 is 0. The Balaban J connectivity index is 2.24. The molecule has 23 heavy (non-hydrogen) atoms.